The van der Waals surface area contributed by atoms with Crippen LogP contribution in [0.4, 0.5) is 10.5 Å². The van der Waals surface area contributed by atoms with Crippen molar-refractivity contribution in [1.82, 2.24) is 25.3 Å². The lowest BCUT2D eigenvalue weighted by molar-refractivity contribution is 0.0615. The third-order valence-corrected chi connectivity index (χ3v) is 5.62. The molecule has 10 nitrogen and oxygen atoms in total. The Hall–Kier alpha value is -3.92. The number of benzene rings is 2. The fourth-order valence-corrected chi connectivity index (χ4v) is 3.82. The minimum Gasteiger partial charge on any atom is -0.497 e. The van der Waals surface area contributed by atoms with E-state index in [1.54, 1.807) is 31.4 Å². The molecule has 0 aliphatic carbocycles. The Bertz CT molecular complexity index is 1150. The van der Waals surface area contributed by atoms with Gasteiger partial charge in [0.15, 0.2) is 0 Å². The summed E-state index contributed by atoms with van der Waals surface area (Å²) in [7, 11) is 1.62. The summed E-state index contributed by atoms with van der Waals surface area (Å²) in [6.45, 7) is 6.86. The van der Waals surface area contributed by atoms with E-state index in [0.717, 1.165) is 11.3 Å². The molecule has 3 aromatic rings. The second kappa shape index (κ2) is 11.0. The van der Waals surface area contributed by atoms with Crippen LogP contribution in [0.3, 0.4) is 0 Å². The predicted octanol–water partition coefficient (Wildman–Crippen LogP) is 3.23. The van der Waals surface area contributed by atoms with Crippen molar-refractivity contribution in [2.45, 2.75) is 26.4 Å². The van der Waals surface area contributed by atoms with Crippen LogP contribution < -0.4 is 15.4 Å². The first-order valence-electron chi connectivity index (χ1n) is 11.6. The minimum atomic E-state index is -0.297. The largest absolute Gasteiger partial charge is 0.497 e. The van der Waals surface area contributed by atoms with Crippen molar-refractivity contribution in [2.24, 2.45) is 0 Å². The summed E-state index contributed by atoms with van der Waals surface area (Å²) in [5.74, 6) is 1.78. The van der Waals surface area contributed by atoms with Crippen molar-refractivity contribution in [3.63, 3.8) is 0 Å². The Balaban J connectivity index is 1.29. The molecule has 0 radical (unpaired) electrons. The molecular weight excluding hydrogens is 448 g/mol. The van der Waals surface area contributed by atoms with Gasteiger partial charge in [-0.15, -0.1) is 0 Å². The summed E-state index contributed by atoms with van der Waals surface area (Å²) in [5.41, 5.74) is 1.98. The molecule has 1 aromatic heterocycles. The third kappa shape index (κ3) is 6.36. The van der Waals surface area contributed by atoms with Crippen LogP contribution in [0, 0.1) is 0 Å². The molecule has 3 amide bonds. The smallest absolute Gasteiger partial charge is 0.319 e. The molecule has 1 fully saturated rings. The second-order valence-electron chi connectivity index (χ2n) is 8.64. The first-order chi connectivity index (χ1) is 16.9. The minimum absolute atomic E-state index is 0.0253. The van der Waals surface area contributed by atoms with Crippen molar-refractivity contribution in [3.8, 4) is 17.1 Å². The summed E-state index contributed by atoms with van der Waals surface area (Å²) < 4.78 is 10.6. The number of carbonyl (C=O) groups is 2. The fraction of sp³-hybridized carbons (Fsp3) is 0.360. The summed E-state index contributed by atoms with van der Waals surface area (Å²) in [4.78, 5) is 33.5. The highest BCUT2D eigenvalue weighted by Crippen LogP contribution is 2.20. The van der Waals surface area contributed by atoms with Gasteiger partial charge in [-0.05, 0) is 56.3 Å². The number of ether oxygens (including phenoxy) is 1. The Labute approximate surface area is 204 Å². The first-order valence-corrected chi connectivity index (χ1v) is 11.6. The van der Waals surface area contributed by atoms with Crippen LogP contribution in [0.15, 0.2) is 53.1 Å². The van der Waals surface area contributed by atoms with Gasteiger partial charge in [0.2, 0.25) is 11.7 Å². The van der Waals surface area contributed by atoms with Gasteiger partial charge >= 0.3 is 6.03 Å². The number of hydrogen-bond acceptors (Lipinski definition) is 7. The highest BCUT2D eigenvalue weighted by molar-refractivity contribution is 5.97. The molecule has 1 saturated heterocycles. The van der Waals surface area contributed by atoms with E-state index in [1.807, 2.05) is 43.0 Å². The first kappa shape index (κ1) is 24.2. The highest BCUT2D eigenvalue weighted by Gasteiger charge is 2.24. The van der Waals surface area contributed by atoms with Gasteiger partial charge in [-0.25, -0.2) is 4.79 Å². The van der Waals surface area contributed by atoms with E-state index in [9.17, 15) is 9.59 Å². The van der Waals surface area contributed by atoms with E-state index in [-0.39, 0.29) is 18.0 Å². The molecule has 0 spiro atoms. The van der Waals surface area contributed by atoms with Crippen molar-refractivity contribution in [1.29, 1.82) is 0 Å². The normalized spacial score (nSPS) is 14.1. The zero-order valence-corrected chi connectivity index (χ0v) is 20.2. The molecule has 4 rings (SSSR count). The summed E-state index contributed by atoms with van der Waals surface area (Å²) >= 11 is 0. The van der Waals surface area contributed by atoms with Gasteiger partial charge in [-0.1, -0.05) is 11.2 Å². The number of aromatic nitrogens is 2. The zero-order chi connectivity index (χ0) is 24.8. The lowest BCUT2D eigenvalue weighted by atomic mass is 10.1. The lowest BCUT2D eigenvalue weighted by Gasteiger charge is -2.34. The maximum absolute atomic E-state index is 13.0. The molecule has 184 valence electrons. The van der Waals surface area contributed by atoms with Crippen LogP contribution in [-0.2, 0) is 6.54 Å². The number of rotatable bonds is 7. The lowest BCUT2D eigenvalue weighted by Crippen LogP contribution is -2.48. The van der Waals surface area contributed by atoms with Gasteiger partial charge in [0.05, 0.1) is 13.7 Å². The SMILES string of the molecule is COc1ccc(-c2noc(CN3CCN(C(=O)c4cccc(NC(=O)NC(C)C)c4)CC3)n2)cc1. The van der Waals surface area contributed by atoms with Crippen molar-refractivity contribution < 1.29 is 18.8 Å². The predicted molar refractivity (Wildman–Crippen MR) is 131 cm³/mol. The molecule has 1 aliphatic rings. The molecule has 0 bridgehead atoms. The van der Waals surface area contributed by atoms with Crippen molar-refractivity contribution in [2.75, 3.05) is 38.6 Å². The van der Waals surface area contributed by atoms with E-state index in [1.165, 1.54) is 0 Å². The number of hydrogen-bond donors (Lipinski definition) is 2. The zero-order valence-electron chi connectivity index (χ0n) is 20.2. The number of nitrogens with zero attached hydrogens (tertiary/aromatic N) is 4. The molecular formula is C25H30N6O4. The van der Waals surface area contributed by atoms with E-state index in [4.69, 9.17) is 9.26 Å². The van der Waals surface area contributed by atoms with E-state index < -0.39 is 0 Å². The quantitative estimate of drug-likeness (QED) is 0.536. The fourth-order valence-electron chi connectivity index (χ4n) is 3.82. The molecule has 2 aromatic carbocycles. The maximum atomic E-state index is 13.0. The Morgan fingerprint density at radius 2 is 1.83 bits per heavy atom. The number of methoxy groups -OCH3 is 1. The maximum Gasteiger partial charge on any atom is 0.319 e. The van der Waals surface area contributed by atoms with Crippen LogP contribution in [-0.4, -0.2) is 71.2 Å². The summed E-state index contributed by atoms with van der Waals surface area (Å²) in [6.07, 6.45) is 0. The Kier molecular flexibility index (Phi) is 7.61. The molecule has 10 heteroatoms. The molecule has 35 heavy (non-hydrogen) atoms. The number of carbonyl (C=O) groups excluding carboxylic acids is 2. The van der Waals surface area contributed by atoms with Crippen LogP contribution in [0.5, 0.6) is 5.75 Å². The monoisotopic (exact) mass is 478 g/mol. The molecule has 1 aliphatic heterocycles. The number of amides is 3. The molecule has 0 saturated carbocycles. The molecule has 2 heterocycles. The number of anilines is 1. The van der Waals surface area contributed by atoms with E-state index in [0.29, 0.717) is 55.7 Å². The van der Waals surface area contributed by atoms with Crippen molar-refractivity contribution in [3.05, 3.63) is 60.0 Å². The van der Waals surface area contributed by atoms with Gasteiger partial charge in [-0.3, -0.25) is 9.69 Å². The molecule has 0 unspecified atom stereocenters. The number of nitrogens with one attached hydrogen (secondary N) is 2. The van der Waals surface area contributed by atoms with Crippen molar-refractivity contribution >= 4 is 17.6 Å². The van der Waals surface area contributed by atoms with Gasteiger partial charge in [0.25, 0.3) is 5.91 Å². The third-order valence-electron chi connectivity index (χ3n) is 5.62. The van der Waals surface area contributed by atoms with Gasteiger partial charge in [0.1, 0.15) is 5.75 Å². The topological polar surface area (TPSA) is 113 Å². The molecule has 2 N–H and O–H groups in total. The van der Waals surface area contributed by atoms with Crippen LogP contribution in [0.2, 0.25) is 0 Å². The van der Waals surface area contributed by atoms with Gasteiger partial charge in [0, 0.05) is 49.0 Å². The van der Waals surface area contributed by atoms with Crippen LogP contribution >= 0.6 is 0 Å². The van der Waals surface area contributed by atoms with Gasteiger partial charge in [-0.2, -0.15) is 4.98 Å². The van der Waals surface area contributed by atoms with E-state index >= 15 is 0 Å². The Morgan fingerprint density at radius 3 is 2.51 bits per heavy atom. The standard InChI is InChI=1S/C25H30N6O4/c1-17(2)26-25(33)27-20-6-4-5-19(15-20)24(32)31-13-11-30(12-14-31)16-22-28-23(29-35-22)18-7-9-21(34-3)10-8-18/h4-10,15,17H,11-14,16H2,1-3H3,(H2,26,27,33). The van der Waals surface area contributed by atoms with Crippen LogP contribution in [0.25, 0.3) is 11.4 Å². The number of urea groups is 1. The highest BCUT2D eigenvalue weighted by atomic mass is 16.5. The molecule has 0 atom stereocenters. The number of piperazine rings is 1. The van der Waals surface area contributed by atoms with Crippen LogP contribution in [0.1, 0.15) is 30.1 Å². The average molecular weight is 479 g/mol. The second-order valence-corrected chi connectivity index (χ2v) is 8.64. The average Bonchev–Trinajstić information content (AvgIpc) is 3.32. The van der Waals surface area contributed by atoms with E-state index in [2.05, 4.69) is 25.7 Å². The summed E-state index contributed by atoms with van der Waals surface area (Å²) in [6, 6.07) is 14.2. The summed E-state index contributed by atoms with van der Waals surface area (Å²) in [5, 5.41) is 9.62. The Morgan fingerprint density at radius 1 is 1.09 bits per heavy atom. The van der Waals surface area contributed by atoms with Gasteiger partial charge < -0.3 is 24.8 Å².